The summed E-state index contributed by atoms with van der Waals surface area (Å²) in [5, 5.41) is 15.8. The van der Waals surface area contributed by atoms with E-state index in [1.54, 1.807) is 11.3 Å². The van der Waals surface area contributed by atoms with Crippen molar-refractivity contribution < 1.29 is 4.79 Å². The summed E-state index contributed by atoms with van der Waals surface area (Å²) in [5.74, 6) is 1.33. The minimum absolute atomic E-state index is 0.107. The van der Waals surface area contributed by atoms with Crippen LogP contribution in [-0.2, 0) is 6.54 Å². The third-order valence-corrected chi connectivity index (χ3v) is 7.73. The Balaban J connectivity index is 1.16. The fourth-order valence-electron chi connectivity index (χ4n) is 4.73. The van der Waals surface area contributed by atoms with Gasteiger partial charge in [-0.15, -0.1) is 10.2 Å². The van der Waals surface area contributed by atoms with Crippen molar-refractivity contribution in [2.24, 2.45) is 5.92 Å². The molecule has 0 saturated heterocycles. The molecule has 2 aliphatic carbocycles. The first-order chi connectivity index (χ1) is 15.2. The molecule has 31 heavy (non-hydrogen) atoms. The number of amides is 1. The van der Waals surface area contributed by atoms with Crippen LogP contribution in [0.4, 0.5) is 0 Å². The summed E-state index contributed by atoms with van der Waals surface area (Å²) in [4.78, 5) is 18.4. The van der Waals surface area contributed by atoms with Crippen molar-refractivity contribution in [3.8, 4) is 0 Å². The van der Waals surface area contributed by atoms with Crippen LogP contribution in [0.5, 0.6) is 0 Å². The van der Waals surface area contributed by atoms with Gasteiger partial charge in [0.25, 0.3) is 5.91 Å². The van der Waals surface area contributed by atoms with E-state index in [0.717, 1.165) is 42.0 Å². The van der Waals surface area contributed by atoms with Crippen LogP contribution in [-0.4, -0.2) is 45.1 Å². The van der Waals surface area contributed by atoms with Crippen molar-refractivity contribution in [2.75, 3.05) is 13.1 Å². The summed E-state index contributed by atoms with van der Waals surface area (Å²) in [6.45, 7) is 4.45. The summed E-state index contributed by atoms with van der Waals surface area (Å²) in [6, 6.07) is 10.5. The lowest BCUT2D eigenvalue weighted by atomic mass is 9.85. The Hall–Kier alpha value is -2.25. The van der Waals surface area contributed by atoms with Gasteiger partial charge in [-0.2, -0.15) is 0 Å². The molecular formula is C24H31N5OS. The largest absolute Gasteiger partial charge is 0.351 e. The number of hydrogen-bond acceptors (Lipinski definition) is 5. The summed E-state index contributed by atoms with van der Waals surface area (Å²) in [7, 11) is 0. The van der Waals surface area contributed by atoms with E-state index < -0.39 is 0 Å². The third-order valence-electron chi connectivity index (χ3n) is 6.64. The number of para-hydroxylation sites is 1. The normalized spacial score (nSPS) is 21.5. The predicted molar refractivity (Wildman–Crippen MR) is 124 cm³/mol. The molecule has 2 aromatic heterocycles. The van der Waals surface area contributed by atoms with Crippen LogP contribution in [0.3, 0.4) is 0 Å². The lowest BCUT2D eigenvalue weighted by molar-refractivity contribution is 0.0712. The zero-order valence-corrected chi connectivity index (χ0v) is 19.0. The van der Waals surface area contributed by atoms with Gasteiger partial charge in [0.05, 0.1) is 0 Å². The zero-order chi connectivity index (χ0) is 21.2. The fourth-order valence-corrected chi connectivity index (χ4v) is 5.70. The Morgan fingerprint density at radius 3 is 2.90 bits per heavy atom. The number of carbonyl (C=O) groups is 1. The quantitative estimate of drug-likeness (QED) is 0.535. The summed E-state index contributed by atoms with van der Waals surface area (Å²) >= 11 is 1.77. The van der Waals surface area contributed by atoms with Crippen molar-refractivity contribution in [1.29, 1.82) is 0 Å². The Bertz CT molecular complexity index is 1010. The van der Waals surface area contributed by atoms with Crippen LogP contribution in [0, 0.1) is 5.92 Å². The molecule has 0 aliphatic heterocycles. The van der Waals surface area contributed by atoms with Crippen LogP contribution in [0.25, 0.3) is 10.9 Å². The molecule has 2 aliphatic rings. The average molecular weight is 438 g/mol. The first-order valence-electron chi connectivity index (χ1n) is 11.6. The van der Waals surface area contributed by atoms with Crippen molar-refractivity contribution in [3.05, 3.63) is 46.0 Å². The molecule has 0 radical (unpaired) electrons. The lowest BCUT2D eigenvalue weighted by Crippen LogP contribution is -2.40. The Morgan fingerprint density at radius 1 is 1.23 bits per heavy atom. The Kier molecular flexibility index (Phi) is 6.05. The topological polar surface area (TPSA) is 73.9 Å². The minimum Gasteiger partial charge on any atom is -0.351 e. The first-order valence-corrected chi connectivity index (χ1v) is 12.4. The molecule has 7 heteroatoms. The van der Waals surface area contributed by atoms with Crippen LogP contribution < -0.4 is 5.32 Å². The van der Waals surface area contributed by atoms with Gasteiger partial charge in [0, 0.05) is 42.5 Å². The fraction of sp³-hybridized carbons (Fsp3) is 0.542. The molecule has 2 fully saturated rings. The van der Waals surface area contributed by atoms with Gasteiger partial charge in [-0.25, -0.2) is 0 Å². The van der Waals surface area contributed by atoms with Crippen molar-refractivity contribution in [2.45, 2.75) is 64.0 Å². The molecule has 0 spiro atoms. The molecule has 1 aromatic carbocycles. The monoisotopic (exact) mass is 437 g/mol. The van der Waals surface area contributed by atoms with Gasteiger partial charge in [0.15, 0.2) is 0 Å². The molecule has 2 saturated carbocycles. The molecule has 2 heterocycles. The van der Waals surface area contributed by atoms with Crippen molar-refractivity contribution in [3.63, 3.8) is 0 Å². The second-order valence-electron chi connectivity index (χ2n) is 9.03. The minimum atomic E-state index is 0.107. The maximum absolute atomic E-state index is 13.1. The van der Waals surface area contributed by atoms with Gasteiger partial charge in [-0.05, 0) is 57.1 Å². The molecule has 2 atom stereocenters. The molecule has 1 amide bonds. The van der Waals surface area contributed by atoms with Crippen LogP contribution >= 0.6 is 11.3 Å². The van der Waals surface area contributed by atoms with Crippen LogP contribution in [0.15, 0.2) is 30.3 Å². The summed E-state index contributed by atoms with van der Waals surface area (Å²) in [6.07, 6.45) is 7.27. The second kappa shape index (κ2) is 9.09. The highest BCUT2D eigenvalue weighted by molar-refractivity contribution is 7.11. The summed E-state index contributed by atoms with van der Waals surface area (Å²) < 4.78 is 0. The molecule has 0 bridgehead atoms. The lowest BCUT2D eigenvalue weighted by Gasteiger charge is -2.33. The van der Waals surface area contributed by atoms with E-state index in [1.165, 1.54) is 37.1 Å². The van der Waals surface area contributed by atoms with Gasteiger partial charge in [0.2, 0.25) is 0 Å². The molecule has 6 nitrogen and oxygen atoms in total. The second-order valence-corrected chi connectivity index (χ2v) is 10.1. The van der Waals surface area contributed by atoms with Gasteiger partial charge >= 0.3 is 0 Å². The molecule has 2 N–H and O–H groups in total. The first kappa shape index (κ1) is 20.6. The maximum Gasteiger partial charge on any atom is 0.270 e. The maximum atomic E-state index is 13.1. The molecule has 164 valence electrons. The Morgan fingerprint density at radius 2 is 2.10 bits per heavy atom. The highest BCUT2D eigenvalue weighted by Gasteiger charge is 2.28. The van der Waals surface area contributed by atoms with E-state index in [0.29, 0.717) is 23.6 Å². The van der Waals surface area contributed by atoms with Gasteiger partial charge in [-0.3, -0.25) is 4.79 Å². The van der Waals surface area contributed by atoms with Crippen molar-refractivity contribution >= 4 is 28.1 Å². The number of aromatic nitrogens is 3. The number of fused-ring (bicyclic) bond motifs is 1. The van der Waals surface area contributed by atoms with Crippen LogP contribution in [0.2, 0.25) is 0 Å². The molecule has 3 aromatic rings. The van der Waals surface area contributed by atoms with E-state index in [1.807, 2.05) is 35.2 Å². The van der Waals surface area contributed by atoms with E-state index >= 15 is 0 Å². The van der Waals surface area contributed by atoms with Gasteiger partial charge in [-0.1, -0.05) is 36.0 Å². The van der Waals surface area contributed by atoms with E-state index in [4.69, 9.17) is 0 Å². The number of aromatic amines is 1. The number of H-pyrrole nitrogens is 1. The molecule has 1 unspecified atom stereocenters. The molecule has 5 rings (SSSR count). The SMILES string of the molecule is CCN(CC1CCC[C@@H](NCc2nnc(C3CC3)s2)C1)C(=O)c1cc2ccccc2[nH]1. The summed E-state index contributed by atoms with van der Waals surface area (Å²) in [5.41, 5.74) is 1.71. The number of benzene rings is 1. The number of nitrogens with one attached hydrogen (secondary N) is 2. The van der Waals surface area contributed by atoms with Crippen molar-refractivity contribution in [1.82, 2.24) is 25.4 Å². The number of hydrogen-bond donors (Lipinski definition) is 2. The van der Waals surface area contributed by atoms with Gasteiger partial charge < -0.3 is 15.2 Å². The number of nitrogens with zero attached hydrogens (tertiary/aromatic N) is 3. The van der Waals surface area contributed by atoms with E-state index in [-0.39, 0.29) is 5.91 Å². The Labute approximate surface area is 187 Å². The average Bonchev–Trinajstić information content (AvgIpc) is 3.38. The number of rotatable bonds is 8. The predicted octanol–water partition coefficient (Wildman–Crippen LogP) is 4.71. The molecular weight excluding hydrogens is 406 g/mol. The van der Waals surface area contributed by atoms with E-state index in [9.17, 15) is 4.79 Å². The smallest absolute Gasteiger partial charge is 0.270 e. The highest BCUT2D eigenvalue weighted by atomic mass is 32.1. The zero-order valence-electron chi connectivity index (χ0n) is 18.1. The third kappa shape index (κ3) is 4.83. The van der Waals surface area contributed by atoms with Crippen LogP contribution in [0.1, 0.15) is 71.9 Å². The number of carbonyl (C=O) groups excluding carboxylic acids is 1. The highest BCUT2D eigenvalue weighted by Crippen LogP contribution is 2.41. The van der Waals surface area contributed by atoms with E-state index in [2.05, 4.69) is 27.4 Å². The standard InChI is InChI=1S/C24H31N5OS/c1-2-29(24(30)21-13-18-7-3-4-9-20(18)26-21)15-16-6-5-8-19(12-16)25-14-22-27-28-23(31-22)17-10-11-17/h3-4,7,9,13,16-17,19,25-26H,2,5-6,8,10-12,14-15H2,1H3/t16?,19-/m1/s1. The van der Waals surface area contributed by atoms with Gasteiger partial charge in [0.1, 0.15) is 15.7 Å².